The third-order valence-electron chi connectivity index (χ3n) is 2.60. The summed E-state index contributed by atoms with van der Waals surface area (Å²) in [5.74, 6) is 0.660. The summed E-state index contributed by atoms with van der Waals surface area (Å²) in [6.07, 6.45) is 2.84. The molecule has 16 heavy (non-hydrogen) atoms. The molecule has 3 N–H and O–H groups in total. The number of carbonyl (C=O) groups is 1. The first-order valence-electron chi connectivity index (χ1n) is 6.17. The van der Waals surface area contributed by atoms with Gasteiger partial charge in [-0.15, -0.1) is 0 Å². The SMILES string of the molecule is CCC(CO)NC(=O)NC(C)CCC(C)C. The van der Waals surface area contributed by atoms with Gasteiger partial charge in [0.05, 0.1) is 12.6 Å². The molecule has 2 unspecified atom stereocenters. The third kappa shape index (κ3) is 7.51. The third-order valence-corrected chi connectivity index (χ3v) is 2.60. The van der Waals surface area contributed by atoms with Crippen LogP contribution in [0.1, 0.15) is 47.0 Å². The monoisotopic (exact) mass is 230 g/mol. The van der Waals surface area contributed by atoms with E-state index < -0.39 is 0 Å². The molecule has 0 aromatic carbocycles. The van der Waals surface area contributed by atoms with Crippen LogP contribution in [0.3, 0.4) is 0 Å². The maximum Gasteiger partial charge on any atom is 0.315 e. The Labute approximate surface area is 98.8 Å². The topological polar surface area (TPSA) is 61.4 Å². The normalized spacial score (nSPS) is 14.6. The van der Waals surface area contributed by atoms with Crippen molar-refractivity contribution < 1.29 is 9.90 Å². The minimum Gasteiger partial charge on any atom is -0.394 e. The molecular weight excluding hydrogens is 204 g/mol. The highest BCUT2D eigenvalue weighted by Gasteiger charge is 2.11. The van der Waals surface area contributed by atoms with Crippen molar-refractivity contribution in [2.24, 2.45) is 5.92 Å². The summed E-state index contributed by atoms with van der Waals surface area (Å²) in [6.45, 7) is 8.27. The Kier molecular flexibility index (Phi) is 7.99. The van der Waals surface area contributed by atoms with E-state index in [1.54, 1.807) is 0 Å². The van der Waals surface area contributed by atoms with Crippen LogP contribution < -0.4 is 10.6 Å². The molecule has 4 nitrogen and oxygen atoms in total. The Morgan fingerprint density at radius 1 is 1.19 bits per heavy atom. The lowest BCUT2D eigenvalue weighted by Crippen LogP contribution is -2.46. The molecule has 0 aliphatic rings. The van der Waals surface area contributed by atoms with Gasteiger partial charge in [-0.25, -0.2) is 4.79 Å². The highest BCUT2D eigenvalue weighted by Crippen LogP contribution is 2.06. The number of hydrogen-bond acceptors (Lipinski definition) is 2. The molecule has 2 amide bonds. The van der Waals surface area contributed by atoms with Crippen LogP contribution in [0, 0.1) is 5.92 Å². The predicted octanol–water partition coefficient (Wildman–Crippen LogP) is 1.88. The Morgan fingerprint density at radius 3 is 2.25 bits per heavy atom. The van der Waals surface area contributed by atoms with E-state index in [1.165, 1.54) is 0 Å². The molecule has 0 spiro atoms. The van der Waals surface area contributed by atoms with E-state index in [2.05, 4.69) is 24.5 Å². The molecule has 0 radical (unpaired) electrons. The zero-order chi connectivity index (χ0) is 12.6. The van der Waals surface area contributed by atoms with E-state index in [-0.39, 0.29) is 24.7 Å². The Morgan fingerprint density at radius 2 is 1.81 bits per heavy atom. The molecule has 96 valence electrons. The molecule has 0 aliphatic carbocycles. The van der Waals surface area contributed by atoms with Gasteiger partial charge in [0.15, 0.2) is 0 Å². The molecule has 0 saturated carbocycles. The van der Waals surface area contributed by atoms with Crippen LogP contribution in [0.2, 0.25) is 0 Å². The number of aliphatic hydroxyl groups excluding tert-OH is 1. The van der Waals surface area contributed by atoms with Crippen molar-refractivity contribution in [3.63, 3.8) is 0 Å². The molecule has 0 aliphatic heterocycles. The van der Waals surface area contributed by atoms with Gasteiger partial charge in [0, 0.05) is 6.04 Å². The standard InChI is InChI=1S/C12H26N2O2/c1-5-11(8-15)14-12(16)13-10(4)7-6-9(2)3/h9-11,15H,5-8H2,1-4H3,(H2,13,14,16). The fourth-order valence-electron chi connectivity index (χ4n) is 1.38. The van der Waals surface area contributed by atoms with E-state index in [0.717, 1.165) is 19.3 Å². The lowest BCUT2D eigenvalue weighted by atomic mass is 10.0. The highest BCUT2D eigenvalue weighted by atomic mass is 16.3. The Bertz CT molecular complexity index is 191. The number of nitrogens with one attached hydrogen (secondary N) is 2. The van der Waals surface area contributed by atoms with Gasteiger partial charge in [0.25, 0.3) is 0 Å². The smallest absolute Gasteiger partial charge is 0.315 e. The first-order chi connectivity index (χ1) is 7.49. The average Bonchev–Trinajstić information content (AvgIpc) is 2.23. The van der Waals surface area contributed by atoms with Crippen LogP contribution in [-0.4, -0.2) is 29.8 Å². The molecule has 0 bridgehead atoms. The molecule has 0 fully saturated rings. The van der Waals surface area contributed by atoms with Gasteiger partial charge in [-0.2, -0.15) is 0 Å². The molecule has 0 aromatic rings. The lowest BCUT2D eigenvalue weighted by molar-refractivity contribution is 0.211. The van der Waals surface area contributed by atoms with Gasteiger partial charge in [0.1, 0.15) is 0 Å². The molecule has 0 heterocycles. The quantitative estimate of drug-likeness (QED) is 0.625. The Balaban J connectivity index is 3.77. The van der Waals surface area contributed by atoms with Crippen LogP contribution in [0.25, 0.3) is 0 Å². The summed E-state index contributed by atoms with van der Waals surface area (Å²) in [5, 5.41) is 14.6. The predicted molar refractivity (Wildman–Crippen MR) is 66.4 cm³/mol. The first kappa shape index (κ1) is 15.2. The molecule has 4 heteroatoms. The first-order valence-corrected chi connectivity index (χ1v) is 6.17. The summed E-state index contributed by atoms with van der Waals surface area (Å²) in [4.78, 5) is 11.5. The second-order valence-corrected chi connectivity index (χ2v) is 4.78. The number of rotatable bonds is 7. The molecular formula is C12H26N2O2. The number of aliphatic hydroxyl groups is 1. The van der Waals surface area contributed by atoms with Crippen LogP contribution in [0.15, 0.2) is 0 Å². The van der Waals surface area contributed by atoms with E-state index >= 15 is 0 Å². The second kappa shape index (κ2) is 8.39. The van der Waals surface area contributed by atoms with Crippen LogP contribution in [-0.2, 0) is 0 Å². The van der Waals surface area contributed by atoms with Crippen molar-refractivity contribution in [1.82, 2.24) is 10.6 Å². The van der Waals surface area contributed by atoms with Crippen molar-refractivity contribution >= 4 is 6.03 Å². The average molecular weight is 230 g/mol. The fraction of sp³-hybridized carbons (Fsp3) is 0.917. The molecule has 2 atom stereocenters. The lowest BCUT2D eigenvalue weighted by Gasteiger charge is -2.19. The number of hydrogen-bond donors (Lipinski definition) is 3. The number of carbonyl (C=O) groups excluding carboxylic acids is 1. The van der Waals surface area contributed by atoms with E-state index in [1.807, 2.05) is 13.8 Å². The molecule has 0 saturated heterocycles. The Hall–Kier alpha value is -0.770. The zero-order valence-corrected chi connectivity index (χ0v) is 10.9. The molecule has 0 aromatic heterocycles. The van der Waals surface area contributed by atoms with Crippen molar-refractivity contribution in [3.8, 4) is 0 Å². The van der Waals surface area contributed by atoms with E-state index in [4.69, 9.17) is 5.11 Å². The minimum atomic E-state index is -0.183. The van der Waals surface area contributed by atoms with Crippen molar-refractivity contribution in [3.05, 3.63) is 0 Å². The summed E-state index contributed by atoms with van der Waals surface area (Å²) in [5.41, 5.74) is 0. The zero-order valence-electron chi connectivity index (χ0n) is 10.9. The van der Waals surface area contributed by atoms with Gasteiger partial charge in [-0.3, -0.25) is 0 Å². The van der Waals surface area contributed by atoms with E-state index in [0.29, 0.717) is 5.92 Å². The maximum atomic E-state index is 11.5. The van der Waals surface area contributed by atoms with Gasteiger partial charge in [0.2, 0.25) is 0 Å². The van der Waals surface area contributed by atoms with Gasteiger partial charge in [-0.1, -0.05) is 20.8 Å². The summed E-state index contributed by atoms with van der Waals surface area (Å²) in [7, 11) is 0. The van der Waals surface area contributed by atoms with Crippen LogP contribution in [0.4, 0.5) is 4.79 Å². The summed E-state index contributed by atoms with van der Waals surface area (Å²) < 4.78 is 0. The highest BCUT2D eigenvalue weighted by molar-refractivity contribution is 5.74. The van der Waals surface area contributed by atoms with Gasteiger partial charge < -0.3 is 15.7 Å². The summed E-state index contributed by atoms with van der Waals surface area (Å²) >= 11 is 0. The molecule has 0 rings (SSSR count). The van der Waals surface area contributed by atoms with Gasteiger partial charge >= 0.3 is 6.03 Å². The van der Waals surface area contributed by atoms with E-state index in [9.17, 15) is 4.79 Å². The van der Waals surface area contributed by atoms with Crippen molar-refractivity contribution in [2.75, 3.05) is 6.61 Å². The maximum absolute atomic E-state index is 11.5. The van der Waals surface area contributed by atoms with Crippen LogP contribution in [0.5, 0.6) is 0 Å². The minimum absolute atomic E-state index is 0.00963. The van der Waals surface area contributed by atoms with Crippen molar-refractivity contribution in [1.29, 1.82) is 0 Å². The van der Waals surface area contributed by atoms with Crippen molar-refractivity contribution in [2.45, 2.75) is 59.0 Å². The van der Waals surface area contributed by atoms with Gasteiger partial charge in [-0.05, 0) is 32.1 Å². The fourth-order valence-corrected chi connectivity index (χ4v) is 1.38. The van der Waals surface area contributed by atoms with Crippen LogP contribution >= 0.6 is 0 Å². The number of amides is 2. The number of urea groups is 1. The second-order valence-electron chi connectivity index (χ2n) is 4.78. The summed E-state index contributed by atoms with van der Waals surface area (Å²) in [6, 6.07) is -0.145. The largest absolute Gasteiger partial charge is 0.394 e.